The number of halogens is 3. The van der Waals surface area contributed by atoms with Gasteiger partial charge in [-0.05, 0) is 54.5 Å². The lowest BCUT2D eigenvalue weighted by molar-refractivity contribution is -0.142. The largest absolute Gasteiger partial charge is 0.452 e. The van der Waals surface area contributed by atoms with Crippen molar-refractivity contribution >= 4 is 39.6 Å². The molecule has 0 aliphatic heterocycles. The summed E-state index contributed by atoms with van der Waals surface area (Å²) in [6, 6.07) is 11.0. The quantitative estimate of drug-likeness (QED) is 0.507. The average Bonchev–Trinajstić information content (AvgIpc) is 2.62. The van der Waals surface area contributed by atoms with Crippen LogP contribution >= 0.6 is 15.9 Å². The molecule has 0 fully saturated rings. The molecule has 0 atom stereocenters. The van der Waals surface area contributed by atoms with Crippen LogP contribution in [0.2, 0.25) is 0 Å². The van der Waals surface area contributed by atoms with E-state index in [1.54, 1.807) is 18.2 Å². The Hall–Kier alpha value is -2.74. The van der Waals surface area contributed by atoms with Gasteiger partial charge in [-0.3, -0.25) is 4.79 Å². The van der Waals surface area contributed by atoms with Gasteiger partial charge in [0.1, 0.15) is 5.75 Å². The molecular weight excluding hydrogens is 424 g/mol. The van der Waals surface area contributed by atoms with Gasteiger partial charge < -0.3 is 14.8 Å². The molecule has 8 heteroatoms. The molecule has 0 unspecified atom stereocenters. The van der Waals surface area contributed by atoms with Gasteiger partial charge in [0.15, 0.2) is 6.61 Å². The molecule has 0 saturated heterocycles. The Bertz CT molecular complexity index is 838. The average molecular weight is 440 g/mol. The van der Waals surface area contributed by atoms with Crippen LogP contribution in [0.5, 0.6) is 5.75 Å². The maximum absolute atomic E-state index is 12.1. The van der Waals surface area contributed by atoms with Gasteiger partial charge in [0, 0.05) is 16.2 Å². The van der Waals surface area contributed by atoms with Crippen LogP contribution in [0.3, 0.4) is 0 Å². The molecule has 2 aromatic rings. The lowest BCUT2D eigenvalue weighted by atomic mass is 10.2. The van der Waals surface area contributed by atoms with Gasteiger partial charge in [0.05, 0.1) is 0 Å². The molecule has 0 radical (unpaired) electrons. The number of carbonyl (C=O) groups excluding carboxylic acids is 2. The van der Waals surface area contributed by atoms with E-state index in [4.69, 9.17) is 4.74 Å². The first-order valence-electron chi connectivity index (χ1n) is 7.79. The van der Waals surface area contributed by atoms with Gasteiger partial charge >= 0.3 is 12.6 Å². The zero-order valence-corrected chi connectivity index (χ0v) is 15.8. The maximum atomic E-state index is 12.1. The minimum atomic E-state index is -2.89. The SMILES string of the molecule is Cc1cc(NC(=O)COC(=O)C=Cc2ccc(OC(F)F)cc2)ccc1Br. The first kappa shape index (κ1) is 20.6. The summed E-state index contributed by atoms with van der Waals surface area (Å²) >= 11 is 3.37. The summed E-state index contributed by atoms with van der Waals surface area (Å²) in [6.07, 6.45) is 2.57. The van der Waals surface area contributed by atoms with Crippen LogP contribution in [0, 0.1) is 6.92 Å². The normalized spacial score (nSPS) is 10.9. The smallest absolute Gasteiger partial charge is 0.387 e. The molecular formula is C19H16BrF2NO4. The Morgan fingerprint density at radius 1 is 1.19 bits per heavy atom. The van der Waals surface area contributed by atoms with E-state index in [1.165, 1.54) is 30.3 Å². The van der Waals surface area contributed by atoms with E-state index in [1.807, 2.05) is 6.92 Å². The summed E-state index contributed by atoms with van der Waals surface area (Å²) < 4.78 is 34.1. The molecule has 2 rings (SSSR count). The van der Waals surface area contributed by atoms with Gasteiger partial charge in [-0.15, -0.1) is 0 Å². The summed E-state index contributed by atoms with van der Waals surface area (Å²) in [4.78, 5) is 23.5. The van der Waals surface area contributed by atoms with Crippen LogP contribution in [0.25, 0.3) is 6.08 Å². The molecule has 27 heavy (non-hydrogen) atoms. The lowest BCUT2D eigenvalue weighted by Gasteiger charge is -2.07. The highest BCUT2D eigenvalue weighted by molar-refractivity contribution is 9.10. The van der Waals surface area contributed by atoms with Crippen molar-refractivity contribution < 1.29 is 27.8 Å². The van der Waals surface area contributed by atoms with Crippen molar-refractivity contribution in [2.75, 3.05) is 11.9 Å². The minimum Gasteiger partial charge on any atom is -0.452 e. The number of ether oxygens (including phenoxy) is 2. The predicted molar refractivity (Wildman–Crippen MR) is 101 cm³/mol. The number of amides is 1. The number of carbonyl (C=O) groups is 2. The summed E-state index contributed by atoms with van der Waals surface area (Å²) in [5.41, 5.74) is 2.14. The van der Waals surface area contributed by atoms with E-state index in [0.29, 0.717) is 11.3 Å². The van der Waals surface area contributed by atoms with Crippen molar-refractivity contribution in [1.29, 1.82) is 0 Å². The number of esters is 1. The minimum absolute atomic E-state index is 0.0181. The van der Waals surface area contributed by atoms with Gasteiger partial charge in [-0.1, -0.05) is 28.1 Å². The van der Waals surface area contributed by atoms with Crippen molar-refractivity contribution in [3.8, 4) is 5.75 Å². The standard InChI is InChI=1S/C19H16BrF2NO4/c1-12-10-14(5-8-16(12)20)23-17(24)11-26-18(25)9-4-13-2-6-15(7-3-13)27-19(21)22/h2-10,19H,11H2,1H3,(H,23,24). The highest BCUT2D eigenvalue weighted by Crippen LogP contribution is 2.20. The topological polar surface area (TPSA) is 64.6 Å². The summed E-state index contributed by atoms with van der Waals surface area (Å²) in [5.74, 6) is -1.15. The van der Waals surface area contributed by atoms with Crippen LogP contribution < -0.4 is 10.1 Å². The second-order valence-corrected chi connectivity index (χ2v) is 6.26. The Morgan fingerprint density at radius 2 is 1.89 bits per heavy atom. The molecule has 0 aliphatic rings. The van der Waals surface area contributed by atoms with Crippen molar-refractivity contribution in [2.45, 2.75) is 13.5 Å². The van der Waals surface area contributed by atoms with Crippen molar-refractivity contribution in [3.63, 3.8) is 0 Å². The Balaban J connectivity index is 1.80. The predicted octanol–water partition coefficient (Wildman–Crippen LogP) is 4.55. The third kappa shape index (κ3) is 7.18. The Kier molecular flexibility index (Phi) is 7.48. The number of rotatable bonds is 7. The second-order valence-electron chi connectivity index (χ2n) is 5.40. The van der Waals surface area contributed by atoms with Crippen LogP contribution in [0.4, 0.5) is 14.5 Å². The van der Waals surface area contributed by atoms with Gasteiger partial charge in [0.25, 0.3) is 5.91 Å². The monoisotopic (exact) mass is 439 g/mol. The number of hydrogen-bond acceptors (Lipinski definition) is 4. The molecule has 1 amide bonds. The fourth-order valence-electron chi connectivity index (χ4n) is 2.03. The molecule has 0 heterocycles. The van der Waals surface area contributed by atoms with Crippen molar-refractivity contribution in [1.82, 2.24) is 0 Å². The molecule has 0 saturated carbocycles. The van der Waals surface area contributed by atoms with Crippen LogP contribution in [-0.2, 0) is 14.3 Å². The van der Waals surface area contributed by atoms with Gasteiger partial charge in [-0.25, -0.2) is 4.79 Å². The number of hydrogen-bond donors (Lipinski definition) is 1. The van der Waals surface area contributed by atoms with Crippen LogP contribution in [0.15, 0.2) is 53.0 Å². The lowest BCUT2D eigenvalue weighted by Crippen LogP contribution is -2.20. The molecule has 1 N–H and O–H groups in total. The number of aryl methyl sites for hydroxylation is 1. The van der Waals surface area contributed by atoms with Crippen LogP contribution in [-0.4, -0.2) is 25.1 Å². The highest BCUT2D eigenvalue weighted by Gasteiger charge is 2.07. The molecule has 0 bridgehead atoms. The van der Waals surface area contributed by atoms with Crippen molar-refractivity contribution in [2.24, 2.45) is 0 Å². The van der Waals surface area contributed by atoms with E-state index in [-0.39, 0.29) is 5.75 Å². The fraction of sp³-hybridized carbons (Fsp3) is 0.158. The Morgan fingerprint density at radius 3 is 2.52 bits per heavy atom. The molecule has 0 spiro atoms. The van der Waals surface area contributed by atoms with E-state index in [9.17, 15) is 18.4 Å². The fourth-order valence-corrected chi connectivity index (χ4v) is 2.28. The van der Waals surface area contributed by atoms with Gasteiger partial charge in [-0.2, -0.15) is 8.78 Å². The second kappa shape index (κ2) is 9.82. The first-order valence-corrected chi connectivity index (χ1v) is 8.58. The van der Waals surface area contributed by atoms with E-state index in [2.05, 4.69) is 26.0 Å². The summed E-state index contributed by atoms with van der Waals surface area (Å²) in [5, 5.41) is 2.62. The maximum Gasteiger partial charge on any atom is 0.387 e. The van der Waals surface area contributed by atoms with E-state index < -0.39 is 25.1 Å². The highest BCUT2D eigenvalue weighted by atomic mass is 79.9. The first-order chi connectivity index (χ1) is 12.8. The number of nitrogens with one attached hydrogen (secondary N) is 1. The molecule has 0 aliphatic carbocycles. The van der Waals surface area contributed by atoms with Gasteiger partial charge in [0.2, 0.25) is 0 Å². The molecule has 5 nitrogen and oxygen atoms in total. The van der Waals surface area contributed by atoms with E-state index >= 15 is 0 Å². The molecule has 2 aromatic carbocycles. The van der Waals surface area contributed by atoms with Crippen molar-refractivity contribution in [3.05, 3.63) is 64.1 Å². The number of benzene rings is 2. The summed E-state index contributed by atoms with van der Waals surface area (Å²) in [6.45, 7) is -1.44. The Labute approximate surface area is 163 Å². The summed E-state index contributed by atoms with van der Waals surface area (Å²) in [7, 11) is 0. The number of anilines is 1. The van der Waals surface area contributed by atoms with Crippen LogP contribution in [0.1, 0.15) is 11.1 Å². The third-order valence-corrected chi connectivity index (χ3v) is 4.19. The van der Waals surface area contributed by atoms with E-state index in [0.717, 1.165) is 16.1 Å². The zero-order valence-electron chi connectivity index (χ0n) is 14.2. The molecule has 142 valence electrons. The number of alkyl halides is 2. The zero-order chi connectivity index (χ0) is 19.8. The third-order valence-electron chi connectivity index (χ3n) is 3.30. The molecule has 0 aromatic heterocycles.